The first-order chi connectivity index (χ1) is 12.7. The highest BCUT2D eigenvalue weighted by molar-refractivity contribution is 6.26. The Hall–Kier alpha value is -2.36. The molecule has 0 atom stereocenters. The Balaban J connectivity index is 1.35. The minimum Gasteiger partial charge on any atom is -0.325 e. The van der Waals surface area contributed by atoms with Gasteiger partial charge in [0.05, 0.1) is 0 Å². The van der Waals surface area contributed by atoms with Gasteiger partial charge in [0.1, 0.15) is 0 Å². The van der Waals surface area contributed by atoms with E-state index in [1.807, 2.05) is 30.3 Å². The van der Waals surface area contributed by atoms with Gasteiger partial charge in [0.2, 0.25) is 5.91 Å². The second kappa shape index (κ2) is 5.09. The lowest BCUT2D eigenvalue weighted by molar-refractivity contribution is -0.132. The summed E-state index contributed by atoms with van der Waals surface area (Å²) in [5, 5.41) is 8.02. The number of hydrogen-bond donors (Lipinski definition) is 2. The maximum atomic E-state index is 13.2. The second-order valence-corrected chi connectivity index (χ2v) is 8.79. The van der Waals surface area contributed by atoms with Crippen molar-refractivity contribution < 1.29 is 9.59 Å². The number of carbonyl (C=O) groups excluding carboxylic acids is 2. The Bertz CT molecular complexity index is 936. The number of benzene rings is 2. The number of rotatable bonds is 2. The third-order valence-corrected chi connectivity index (χ3v) is 7.32. The van der Waals surface area contributed by atoms with Crippen LogP contribution in [0.1, 0.15) is 42.5 Å². The van der Waals surface area contributed by atoms with Crippen LogP contribution >= 0.6 is 0 Å². The van der Waals surface area contributed by atoms with Gasteiger partial charge in [-0.3, -0.25) is 9.59 Å². The lowest BCUT2D eigenvalue weighted by atomic mass is 9.51. The molecule has 0 radical (unpaired) electrons. The molecule has 2 aromatic carbocycles. The lowest BCUT2D eigenvalue weighted by Gasteiger charge is -2.53. The molecule has 4 saturated carbocycles. The van der Waals surface area contributed by atoms with E-state index in [9.17, 15) is 9.59 Å². The topological polar surface area (TPSA) is 58.2 Å². The fourth-order valence-electron chi connectivity index (χ4n) is 6.57. The monoisotopic (exact) mass is 346 g/mol. The van der Waals surface area contributed by atoms with Crippen LogP contribution in [0.3, 0.4) is 0 Å². The summed E-state index contributed by atoms with van der Waals surface area (Å²) >= 11 is 0. The maximum Gasteiger partial charge on any atom is 0.256 e. The van der Waals surface area contributed by atoms with Crippen molar-refractivity contribution in [2.45, 2.75) is 32.1 Å². The van der Waals surface area contributed by atoms with E-state index >= 15 is 0 Å². The van der Waals surface area contributed by atoms with E-state index in [0.717, 1.165) is 34.0 Å². The summed E-state index contributed by atoms with van der Waals surface area (Å²) in [7, 11) is 0. The molecule has 0 spiro atoms. The number of amides is 2. The van der Waals surface area contributed by atoms with Gasteiger partial charge in [-0.25, -0.2) is 0 Å². The van der Waals surface area contributed by atoms with Crippen LogP contribution in [0.5, 0.6) is 0 Å². The van der Waals surface area contributed by atoms with Gasteiger partial charge in [0.15, 0.2) is 0 Å². The largest absolute Gasteiger partial charge is 0.325 e. The molecule has 4 nitrogen and oxygen atoms in total. The summed E-state index contributed by atoms with van der Waals surface area (Å²) in [6, 6.07) is 9.57. The van der Waals surface area contributed by atoms with Crippen LogP contribution in [0, 0.1) is 29.6 Å². The summed E-state index contributed by atoms with van der Waals surface area (Å²) < 4.78 is 0. The zero-order valence-electron chi connectivity index (χ0n) is 14.6. The van der Waals surface area contributed by atoms with E-state index in [-0.39, 0.29) is 17.7 Å². The molecule has 0 unspecified atom stereocenters. The Morgan fingerprint density at radius 2 is 1.69 bits per heavy atom. The molecule has 1 aliphatic heterocycles. The molecule has 0 aromatic heterocycles. The summed E-state index contributed by atoms with van der Waals surface area (Å²) in [5.74, 6) is 3.20. The average Bonchev–Trinajstić information content (AvgIpc) is 2.94. The van der Waals surface area contributed by atoms with E-state index in [4.69, 9.17) is 0 Å². The molecule has 5 aliphatic rings. The first kappa shape index (κ1) is 14.8. The predicted octanol–water partition coefficient (Wildman–Crippen LogP) is 4.42. The molecule has 4 aliphatic carbocycles. The molecule has 2 aromatic rings. The first-order valence-electron chi connectivity index (χ1n) is 9.85. The Morgan fingerprint density at radius 3 is 2.42 bits per heavy atom. The molecule has 4 bridgehead atoms. The third kappa shape index (κ3) is 1.96. The SMILES string of the molecule is O=C1Nc2ccc(NC(=O)C3C4CC5CC(C4)CC3C5)c3cccc1c23. The highest BCUT2D eigenvalue weighted by Gasteiger charge is 2.50. The summed E-state index contributed by atoms with van der Waals surface area (Å²) in [5.41, 5.74) is 2.37. The van der Waals surface area contributed by atoms with Crippen LogP contribution in [0.4, 0.5) is 11.4 Å². The normalized spacial score (nSPS) is 33.5. The quantitative estimate of drug-likeness (QED) is 0.846. The number of hydrogen-bond acceptors (Lipinski definition) is 2. The number of anilines is 2. The molecule has 0 saturated heterocycles. The fraction of sp³-hybridized carbons (Fsp3) is 0.455. The predicted molar refractivity (Wildman–Crippen MR) is 101 cm³/mol. The van der Waals surface area contributed by atoms with Crippen LogP contribution in [0.2, 0.25) is 0 Å². The standard InChI is InChI=1S/C22H22N2O2/c25-21-16-3-1-2-15-17(4-5-18(24-21)20(15)16)23-22(26)19-13-7-11-6-12(9-13)10-14(19)8-11/h1-5,11-14,19H,6-10H2,(H,23,26)(H,24,25). The van der Waals surface area contributed by atoms with E-state index < -0.39 is 0 Å². The first-order valence-corrected chi connectivity index (χ1v) is 9.85. The van der Waals surface area contributed by atoms with E-state index in [2.05, 4.69) is 10.6 Å². The fourth-order valence-corrected chi connectivity index (χ4v) is 6.57. The van der Waals surface area contributed by atoms with Crippen LogP contribution in [0.15, 0.2) is 30.3 Å². The smallest absolute Gasteiger partial charge is 0.256 e. The van der Waals surface area contributed by atoms with E-state index in [1.165, 1.54) is 32.1 Å². The zero-order chi connectivity index (χ0) is 17.4. The molecule has 7 rings (SSSR count). The van der Waals surface area contributed by atoms with Gasteiger partial charge in [0.25, 0.3) is 5.91 Å². The van der Waals surface area contributed by atoms with Crippen LogP contribution in [-0.4, -0.2) is 11.8 Å². The van der Waals surface area contributed by atoms with Crippen molar-refractivity contribution in [3.8, 4) is 0 Å². The Kier molecular flexibility index (Phi) is 2.89. The van der Waals surface area contributed by atoms with Gasteiger partial charge in [-0.2, -0.15) is 0 Å². The molecule has 2 N–H and O–H groups in total. The highest BCUT2D eigenvalue weighted by Crippen LogP contribution is 2.56. The van der Waals surface area contributed by atoms with Crippen LogP contribution in [0.25, 0.3) is 10.8 Å². The van der Waals surface area contributed by atoms with Gasteiger partial charge < -0.3 is 10.6 Å². The van der Waals surface area contributed by atoms with Crippen LogP contribution < -0.4 is 10.6 Å². The van der Waals surface area contributed by atoms with Gasteiger partial charge in [0, 0.05) is 33.6 Å². The molecule has 2 amide bonds. The van der Waals surface area contributed by atoms with Gasteiger partial charge in [-0.05, 0) is 74.0 Å². The molecular formula is C22H22N2O2. The molecule has 132 valence electrons. The van der Waals surface area contributed by atoms with Gasteiger partial charge in [-0.1, -0.05) is 12.1 Å². The van der Waals surface area contributed by atoms with Crippen molar-refractivity contribution in [2.75, 3.05) is 10.6 Å². The lowest BCUT2D eigenvalue weighted by Crippen LogP contribution is -2.49. The summed E-state index contributed by atoms with van der Waals surface area (Å²) in [6.45, 7) is 0. The van der Waals surface area contributed by atoms with Crippen molar-refractivity contribution in [3.63, 3.8) is 0 Å². The maximum absolute atomic E-state index is 13.2. The van der Waals surface area contributed by atoms with Crippen LogP contribution in [-0.2, 0) is 4.79 Å². The molecule has 1 heterocycles. The highest BCUT2D eigenvalue weighted by atomic mass is 16.2. The molecule has 4 fully saturated rings. The minimum atomic E-state index is -0.0601. The Morgan fingerprint density at radius 1 is 0.962 bits per heavy atom. The van der Waals surface area contributed by atoms with E-state index in [0.29, 0.717) is 17.4 Å². The zero-order valence-corrected chi connectivity index (χ0v) is 14.6. The van der Waals surface area contributed by atoms with Crippen molar-refractivity contribution in [1.82, 2.24) is 0 Å². The third-order valence-electron chi connectivity index (χ3n) is 7.32. The molecule has 26 heavy (non-hydrogen) atoms. The Labute approximate surface area is 152 Å². The minimum absolute atomic E-state index is 0.0601. The van der Waals surface area contributed by atoms with Crippen molar-refractivity contribution in [2.24, 2.45) is 29.6 Å². The van der Waals surface area contributed by atoms with Crippen molar-refractivity contribution in [1.29, 1.82) is 0 Å². The van der Waals surface area contributed by atoms with Gasteiger partial charge >= 0.3 is 0 Å². The van der Waals surface area contributed by atoms with E-state index in [1.54, 1.807) is 0 Å². The summed E-state index contributed by atoms with van der Waals surface area (Å²) in [6.07, 6.45) is 6.37. The molecular weight excluding hydrogens is 324 g/mol. The van der Waals surface area contributed by atoms with Crippen molar-refractivity contribution in [3.05, 3.63) is 35.9 Å². The number of carbonyl (C=O) groups is 2. The van der Waals surface area contributed by atoms with Crippen molar-refractivity contribution >= 4 is 34.0 Å². The van der Waals surface area contributed by atoms with Gasteiger partial charge in [-0.15, -0.1) is 0 Å². The average molecular weight is 346 g/mol. The number of nitrogens with one attached hydrogen (secondary N) is 2. The molecule has 4 heteroatoms. The second-order valence-electron chi connectivity index (χ2n) is 8.79. The summed E-state index contributed by atoms with van der Waals surface area (Å²) in [4.78, 5) is 25.3.